The molecule has 2 aliphatic rings. The van der Waals surface area contributed by atoms with Crippen molar-refractivity contribution in [2.45, 2.75) is 78.2 Å². The molecule has 1 N–H and O–H groups in total. The van der Waals surface area contributed by atoms with Gasteiger partial charge in [0.05, 0.1) is 0 Å². The lowest BCUT2D eigenvalue weighted by atomic mass is 9.84. The van der Waals surface area contributed by atoms with E-state index in [1.165, 1.54) is 25.7 Å². The Labute approximate surface area is 141 Å². The van der Waals surface area contributed by atoms with Gasteiger partial charge in [0.15, 0.2) is 0 Å². The van der Waals surface area contributed by atoms with Crippen LogP contribution in [-0.4, -0.2) is 35.8 Å². The van der Waals surface area contributed by atoms with E-state index in [9.17, 15) is 9.59 Å². The molecule has 0 heterocycles. The highest BCUT2D eigenvalue weighted by Crippen LogP contribution is 2.49. The fourth-order valence-corrected chi connectivity index (χ4v) is 4.44. The van der Waals surface area contributed by atoms with Crippen LogP contribution in [0.15, 0.2) is 0 Å². The Balaban J connectivity index is 1.85. The van der Waals surface area contributed by atoms with Crippen LogP contribution < -0.4 is 5.32 Å². The Bertz CT molecular complexity index is 402. The van der Waals surface area contributed by atoms with Gasteiger partial charge in [-0.15, -0.1) is 0 Å². The van der Waals surface area contributed by atoms with Gasteiger partial charge in [-0.05, 0) is 56.8 Å². The summed E-state index contributed by atoms with van der Waals surface area (Å²) in [7, 11) is 0. The largest absolute Gasteiger partial charge is 0.345 e. The highest BCUT2D eigenvalue weighted by molar-refractivity contribution is 6.35. The van der Waals surface area contributed by atoms with E-state index in [0.717, 1.165) is 37.5 Å². The smallest absolute Gasteiger partial charge is 0.311 e. The summed E-state index contributed by atoms with van der Waals surface area (Å²) in [6, 6.07) is 0.126. The molecule has 4 heteroatoms. The second-order valence-corrected chi connectivity index (χ2v) is 7.60. The van der Waals surface area contributed by atoms with E-state index in [2.05, 4.69) is 26.1 Å². The van der Waals surface area contributed by atoms with Gasteiger partial charge in [0.25, 0.3) is 0 Å². The minimum Gasteiger partial charge on any atom is -0.345 e. The maximum atomic E-state index is 12.5. The molecule has 2 aliphatic carbocycles. The van der Waals surface area contributed by atoms with Crippen molar-refractivity contribution >= 4 is 11.8 Å². The normalized spacial score (nSPS) is 27.0. The summed E-state index contributed by atoms with van der Waals surface area (Å²) in [5.41, 5.74) is 0. The highest BCUT2D eigenvalue weighted by Gasteiger charge is 2.42. The number of carbonyl (C=O) groups excluding carboxylic acids is 2. The first-order valence-electron chi connectivity index (χ1n) is 9.66. The number of nitrogens with one attached hydrogen (secondary N) is 1. The number of nitrogens with zero attached hydrogens (tertiary/aromatic N) is 1. The van der Waals surface area contributed by atoms with Crippen molar-refractivity contribution in [2.75, 3.05) is 13.1 Å². The van der Waals surface area contributed by atoms with Gasteiger partial charge in [-0.3, -0.25) is 9.59 Å². The van der Waals surface area contributed by atoms with E-state index < -0.39 is 5.91 Å². The number of rotatable bonds is 8. The molecule has 0 spiro atoms. The van der Waals surface area contributed by atoms with Gasteiger partial charge in [0.1, 0.15) is 0 Å². The predicted molar refractivity (Wildman–Crippen MR) is 92.9 cm³/mol. The first kappa shape index (κ1) is 18.3. The molecule has 0 radical (unpaired) electrons. The van der Waals surface area contributed by atoms with Crippen molar-refractivity contribution in [3.63, 3.8) is 0 Å². The third kappa shape index (κ3) is 4.71. The van der Waals surface area contributed by atoms with E-state index in [4.69, 9.17) is 0 Å². The van der Waals surface area contributed by atoms with E-state index >= 15 is 0 Å². The van der Waals surface area contributed by atoms with Gasteiger partial charge in [-0.25, -0.2) is 0 Å². The molecule has 0 aromatic carbocycles. The van der Waals surface area contributed by atoms with Crippen molar-refractivity contribution < 1.29 is 9.59 Å². The summed E-state index contributed by atoms with van der Waals surface area (Å²) in [5.74, 6) is 1.48. The maximum absolute atomic E-state index is 12.5. The zero-order valence-electron chi connectivity index (χ0n) is 15.1. The van der Waals surface area contributed by atoms with Crippen LogP contribution in [0.4, 0.5) is 0 Å². The Morgan fingerprint density at radius 1 is 1.09 bits per heavy atom. The third-order valence-corrected chi connectivity index (χ3v) is 5.84. The van der Waals surface area contributed by atoms with E-state index in [1.54, 1.807) is 4.90 Å². The van der Waals surface area contributed by atoms with Gasteiger partial charge >= 0.3 is 11.8 Å². The zero-order chi connectivity index (χ0) is 16.8. The quantitative estimate of drug-likeness (QED) is 0.697. The van der Waals surface area contributed by atoms with Crippen LogP contribution in [0.5, 0.6) is 0 Å². The van der Waals surface area contributed by atoms with Crippen molar-refractivity contribution in [3.8, 4) is 0 Å². The van der Waals surface area contributed by atoms with Crippen LogP contribution in [0.1, 0.15) is 72.1 Å². The standard InChI is InChI=1S/C19H34N2O2/c1-4-6-10-21(11-7-5-2)19(23)18(22)20-14(3)17-13-15-8-9-16(17)12-15/h14-17H,4-13H2,1-3H3,(H,20,22). The topological polar surface area (TPSA) is 49.4 Å². The van der Waals surface area contributed by atoms with Crippen LogP contribution in [0.3, 0.4) is 0 Å². The molecule has 4 atom stereocenters. The number of fused-ring (bicyclic) bond motifs is 2. The molecular weight excluding hydrogens is 288 g/mol. The summed E-state index contributed by atoms with van der Waals surface area (Å²) < 4.78 is 0. The third-order valence-electron chi connectivity index (χ3n) is 5.84. The average molecular weight is 322 g/mol. The van der Waals surface area contributed by atoms with Gasteiger partial charge in [-0.2, -0.15) is 0 Å². The molecule has 0 aromatic rings. The molecule has 23 heavy (non-hydrogen) atoms. The minimum absolute atomic E-state index is 0.126. The van der Waals surface area contributed by atoms with E-state index in [-0.39, 0.29) is 11.9 Å². The molecule has 4 nitrogen and oxygen atoms in total. The Morgan fingerprint density at radius 3 is 2.22 bits per heavy atom. The first-order chi connectivity index (χ1) is 11.1. The SMILES string of the molecule is CCCCN(CCCC)C(=O)C(=O)NC(C)C1CC2CCC1C2. The molecule has 0 saturated heterocycles. The Hall–Kier alpha value is -1.06. The molecule has 4 unspecified atom stereocenters. The number of amides is 2. The minimum atomic E-state index is -0.396. The predicted octanol–water partition coefficient (Wildman–Crippen LogP) is 3.36. The average Bonchev–Trinajstić information content (AvgIpc) is 3.17. The molecule has 2 bridgehead atoms. The van der Waals surface area contributed by atoms with Crippen molar-refractivity contribution in [1.29, 1.82) is 0 Å². The van der Waals surface area contributed by atoms with Gasteiger partial charge in [0.2, 0.25) is 0 Å². The monoisotopic (exact) mass is 322 g/mol. The zero-order valence-corrected chi connectivity index (χ0v) is 15.1. The van der Waals surface area contributed by atoms with Gasteiger partial charge in [0, 0.05) is 19.1 Å². The van der Waals surface area contributed by atoms with Gasteiger partial charge < -0.3 is 10.2 Å². The number of carbonyl (C=O) groups is 2. The second kappa shape index (κ2) is 8.70. The Morgan fingerprint density at radius 2 is 1.74 bits per heavy atom. The number of hydrogen-bond acceptors (Lipinski definition) is 2. The molecule has 0 aromatic heterocycles. The van der Waals surface area contributed by atoms with E-state index in [1.807, 2.05) is 0 Å². The molecule has 132 valence electrons. The fourth-order valence-electron chi connectivity index (χ4n) is 4.44. The van der Waals surface area contributed by atoms with Crippen molar-refractivity contribution in [3.05, 3.63) is 0 Å². The lowest BCUT2D eigenvalue weighted by Gasteiger charge is -2.29. The van der Waals surface area contributed by atoms with Crippen LogP contribution in [0.25, 0.3) is 0 Å². The molecule has 2 saturated carbocycles. The van der Waals surface area contributed by atoms with Crippen LogP contribution in [-0.2, 0) is 9.59 Å². The molecule has 0 aliphatic heterocycles. The molecule has 2 fully saturated rings. The van der Waals surface area contributed by atoms with Gasteiger partial charge in [-0.1, -0.05) is 33.1 Å². The molecule has 2 rings (SSSR count). The fraction of sp³-hybridized carbons (Fsp3) is 0.895. The lowest BCUT2D eigenvalue weighted by Crippen LogP contribution is -2.48. The van der Waals surface area contributed by atoms with Crippen LogP contribution >= 0.6 is 0 Å². The number of hydrogen-bond donors (Lipinski definition) is 1. The molecule has 2 amide bonds. The lowest BCUT2D eigenvalue weighted by molar-refractivity contribution is -0.146. The summed E-state index contributed by atoms with van der Waals surface area (Å²) in [6.07, 6.45) is 9.24. The summed E-state index contributed by atoms with van der Waals surface area (Å²) in [5, 5.41) is 3.01. The van der Waals surface area contributed by atoms with Crippen molar-refractivity contribution in [1.82, 2.24) is 10.2 Å². The number of unbranched alkanes of at least 4 members (excludes halogenated alkanes) is 2. The summed E-state index contributed by atoms with van der Waals surface area (Å²) in [6.45, 7) is 7.70. The first-order valence-corrected chi connectivity index (χ1v) is 9.66. The van der Waals surface area contributed by atoms with E-state index in [0.29, 0.717) is 19.0 Å². The van der Waals surface area contributed by atoms with Crippen LogP contribution in [0, 0.1) is 17.8 Å². The molecular formula is C19H34N2O2. The summed E-state index contributed by atoms with van der Waals surface area (Å²) in [4.78, 5) is 26.6. The Kier molecular flexibility index (Phi) is 6.91. The van der Waals surface area contributed by atoms with Crippen molar-refractivity contribution in [2.24, 2.45) is 17.8 Å². The summed E-state index contributed by atoms with van der Waals surface area (Å²) >= 11 is 0. The highest BCUT2D eigenvalue weighted by atomic mass is 16.2. The second-order valence-electron chi connectivity index (χ2n) is 7.60. The maximum Gasteiger partial charge on any atom is 0.311 e. The van der Waals surface area contributed by atoms with Crippen LogP contribution in [0.2, 0.25) is 0 Å².